The van der Waals surface area contributed by atoms with E-state index in [1.54, 1.807) is 11.9 Å². The molecule has 0 unspecified atom stereocenters. The van der Waals surface area contributed by atoms with Gasteiger partial charge in [-0.2, -0.15) is 0 Å². The Morgan fingerprint density at radius 3 is 2.65 bits per heavy atom. The molecule has 0 aromatic rings. The first-order valence-corrected chi connectivity index (χ1v) is 6.31. The van der Waals surface area contributed by atoms with Crippen LogP contribution in [0.4, 0.5) is 0 Å². The summed E-state index contributed by atoms with van der Waals surface area (Å²) in [6.07, 6.45) is 3.42. The van der Waals surface area contributed by atoms with Gasteiger partial charge in [0, 0.05) is 46.1 Å². The fourth-order valence-corrected chi connectivity index (χ4v) is 2.05. The molecule has 0 aromatic carbocycles. The quantitative estimate of drug-likeness (QED) is 0.651. The van der Waals surface area contributed by atoms with Crippen molar-refractivity contribution in [2.45, 2.75) is 37.7 Å². The molecule has 1 amide bonds. The smallest absolute Gasteiger partial charge is 0.222 e. The van der Waals surface area contributed by atoms with Gasteiger partial charge in [0.1, 0.15) is 0 Å². The number of carbonyl (C=O) groups excluding carboxylic acids is 1. The topological polar surface area (TPSA) is 75.8 Å². The lowest BCUT2D eigenvalue weighted by Crippen LogP contribution is -2.47. The van der Waals surface area contributed by atoms with Crippen LogP contribution < -0.4 is 5.73 Å². The third-order valence-corrected chi connectivity index (χ3v) is 3.23. The molecule has 1 rings (SSSR count). The lowest BCUT2D eigenvalue weighted by molar-refractivity contribution is -0.136. The Morgan fingerprint density at radius 2 is 2.06 bits per heavy atom. The Labute approximate surface area is 103 Å². The molecule has 0 aliphatic carbocycles. The molecule has 17 heavy (non-hydrogen) atoms. The summed E-state index contributed by atoms with van der Waals surface area (Å²) in [7, 11) is 1.75. The highest BCUT2D eigenvalue weighted by atomic mass is 16.5. The van der Waals surface area contributed by atoms with Crippen molar-refractivity contribution in [2.24, 2.45) is 5.73 Å². The number of aliphatic hydroxyl groups is 1. The maximum atomic E-state index is 11.8. The zero-order valence-electron chi connectivity index (χ0n) is 10.7. The van der Waals surface area contributed by atoms with Crippen molar-refractivity contribution in [1.29, 1.82) is 0 Å². The van der Waals surface area contributed by atoms with Crippen LogP contribution in [0.2, 0.25) is 0 Å². The summed E-state index contributed by atoms with van der Waals surface area (Å²) in [4.78, 5) is 13.4. The summed E-state index contributed by atoms with van der Waals surface area (Å²) in [6.45, 7) is 2.17. The summed E-state index contributed by atoms with van der Waals surface area (Å²) < 4.78 is 5.21. The molecule has 1 fully saturated rings. The predicted octanol–water partition coefficient (Wildman–Crippen LogP) is 0.115. The van der Waals surface area contributed by atoms with E-state index in [0.29, 0.717) is 45.6 Å². The number of amides is 1. The lowest BCUT2D eigenvalue weighted by Gasteiger charge is -2.35. The second-order valence-corrected chi connectivity index (χ2v) is 4.83. The second kappa shape index (κ2) is 6.93. The molecular formula is C12H24N2O3. The number of rotatable bonds is 6. The van der Waals surface area contributed by atoms with Gasteiger partial charge >= 0.3 is 0 Å². The van der Waals surface area contributed by atoms with Gasteiger partial charge in [-0.1, -0.05) is 0 Å². The number of nitrogens with zero attached hydrogens (tertiary/aromatic N) is 1. The maximum Gasteiger partial charge on any atom is 0.222 e. The van der Waals surface area contributed by atoms with Gasteiger partial charge in [0.25, 0.3) is 0 Å². The molecule has 1 heterocycles. The average Bonchev–Trinajstić information content (AvgIpc) is 2.29. The van der Waals surface area contributed by atoms with E-state index in [1.807, 2.05) is 0 Å². The molecule has 100 valence electrons. The Kier molecular flexibility index (Phi) is 5.88. The molecule has 1 aliphatic heterocycles. The summed E-state index contributed by atoms with van der Waals surface area (Å²) in [5, 5.41) is 10.3. The van der Waals surface area contributed by atoms with Crippen LogP contribution in [0.5, 0.6) is 0 Å². The van der Waals surface area contributed by atoms with Crippen molar-refractivity contribution < 1.29 is 14.6 Å². The highest BCUT2D eigenvalue weighted by Crippen LogP contribution is 2.21. The Hall–Kier alpha value is -0.650. The Bertz CT molecular complexity index is 240. The molecule has 5 nitrogen and oxygen atoms in total. The van der Waals surface area contributed by atoms with Crippen molar-refractivity contribution in [1.82, 2.24) is 4.90 Å². The summed E-state index contributed by atoms with van der Waals surface area (Å²) in [6, 6.07) is 0. The van der Waals surface area contributed by atoms with E-state index in [0.717, 1.165) is 12.8 Å². The summed E-state index contributed by atoms with van der Waals surface area (Å²) >= 11 is 0. The molecule has 0 atom stereocenters. The number of nitrogens with two attached hydrogens (primary N) is 1. The van der Waals surface area contributed by atoms with Gasteiger partial charge in [-0.15, -0.1) is 0 Å². The lowest BCUT2D eigenvalue weighted by atomic mass is 9.94. The van der Waals surface area contributed by atoms with Crippen LogP contribution >= 0.6 is 0 Å². The highest BCUT2D eigenvalue weighted by molar-refractivity contribution is 5.75. The van der Waals surface area contributed by atoms with Crippen LogP contribution in [0.3, 0.4) is 0 Å². The Balaban J connectivity index is 2.31. The first-order chi connectivity index (χ1) is 8.07. The van der Waals surface area contributed by atoms with E-state index in [2.05, 4.69) is 0 Å². The van der Waals surface area contributed by atoms with Gasteiger partial charge in [-0.25, -0.2) is 0 Å². The van der Waals surface area contributed by atoms with Crippen molar-refractivity contribution in [3.63, 3.8) is 0 Å². The van der Waals surface area contributed by atoms with Crippen LogP contribution in [0.15, 0.2) is 0 Å². The van der Waals surface area contributed by atoms with E-state index in [-0.39, 0.29) is 5.91 Å². The van der Waals surface area contributed by atoms with Gasteiger partial charge in [-0.05, 0) is 19.4 Å². The van der Waals surface area contributed by atoms with Crippen LogP contribution in [0.25, 0.3) is 0 Å². The van der Waals surface area contributed by atoms with Crippen LogP contribution in [-0.4, -0.2) is 54.9 Å². The third kappa shape index (κ3) is 5.02. The van der Waals surface area contributed by atoms with E-state index in [1.165, 1.54) is 0 Å². The van der Waals surface area contributed by atoms with Gasteiger partial charge in [0.15, 0.2) is 0 Å². The van der Waals surface area contributed by atoms with Crippen LogP contribution in [0, 0.1) is 0 Å². The largest absolute Gasteiger partial charge is 0.388 e. The van der Waals surface area contributed by atoms with Gasteiger partial charge in [0.2, 0.25) is 5.91 Å². The number of likely N-dealkylation sites (N-methyl/N-ethyl adjacent to an activating group) is 1. The van der Waals surface area contributed by atoms with Crippen molar-refractivity contribution in [2.75, 3.05) is 33.4 Å². The summed E-state index contributed by atoms with van der Waals surface area (Å²) in [5.41, 5.74) is 4.62. The molecule has 0 spiro atoms. The molecule has 0 radical (unpaired) electrons. The predicted molar refractivity (Wildman–Crippen MR) is 65.5 cm³/mol. The normalized spacial score (nSPS) is 19.0. The van der Waals surface area contributed by atoms with E-state index in [4.69, 9.17) is 10.5 Å². The molecule has 1 saturated heterocycles. The van der Waals surface area contributed by atoms with Crippen molar-refractivity contribution in [3.8, 4) is 0 Å². The zero-order chi connectivity index (χ0) is 12.7. The number of ether oxygens (including phenoxy) is 1. The number of carbonyl (C=O) groups is 1. The number of hydrogen-bond donors (Lipinski definition) is 2. The molecule has 0 saturated carbocycles. The van der Waals surface area contributed by atoms with Gasteiger partial charge in [-0.3, -0.25) is 4.79 Å². The molecule has 1 aliphatic rings. The van der Waals surface area contributed by atoms with E-state index in [9.17, 15) is 9.90 Å². The summed E-state index contributed by atoms with van der Waals surface area (Å²) in [5.74, 6) is 0.0818. The standard InChI is InChI=1S/C12H24N2O3/c1-14(11(15)4-2-3-7-13)10-12(16)5-8-17-9-6-12/h16H,2-10,13H2,1H3. The monoisotopic (exact) mass is 244 g/mol. The van der Waals surface area contributed by atoms with Gasteiger partial charge < -0.3 is 20.5 Å². The second-order valence-electron chi connectivity index (χ2n) is 4.83. The minimum Gasteiger partial charge on any atom is -0.388 e. The fourth-order valence-electron chi connectivity index (χ4n) is 2.05. The minimum absolute atomic E-state index is 0.0818. The van der Waals surface area contributed by atoms with Crippen molar-refractivity contribution in [3.05, 3.63) is 0 Å². The Morgan fingerprint density at radius 1 is 1.41 bits per heavy atom. The van der Waals surface area contributed by atoms with Crippen LogP contribution in [-0.2, 0) is 9.53 Å². The molecule has 0 aromatic heterocycles. The fraction of sp³-hybridized carbons (Fsp3) is 0.917. The first-order valence-electron chi connectivity index (χ1n) is 6.31. The molecule has 0 bridgehead atoms. The van der Waals surface area contributed by atoms with Crippen LogP contribution in [0.1, 0.15) is 32.1 Å². The van der Waals surface area contributed by atoms with Gasteiger partial charge in [0.05, 0.1) is 5.60 Å². The minimum atomic E-state index is -0.767. The zero-order valence-corrected chi connectivity index (χ0v) is 10.7. The molecule has 3 N–H and O–H groups in total. The molecular weight excluding hydrogens is 220 g/mol. The number of unbranched alkanes of at least 4 members (excludes halogenated alkanes) is 1. The maximum absolute atomic E-state index is 11.8. The SMILES string of the molecule is CN(CC1(O)CCOCC1)C(=O)CCCCN. The number of hydrogen-bond acceptors (Lipinski definition) is 4. The molecule has 5 heteroatoms. The van der Waals surface area contributed by atoms with E-state index < -0.39 is 5.60 Å². The third-order valence-electron chi connectivity index (χ3n) is 3.23. The first kappa shape index (κ1) is 14.4. The average molecular weight is 244 g/mol. The highest BCUT2D eigenvalue weighted by Gasteiger charge is 2.32. The van der Waals surface area contributed by atoms with E-state index >= 15 is 0 Å². The van der Waals surface area contributed by atoms with Crippen molar-refractivity contribution >= 4 is 5.91 Å².